The molecule has 0 radical (unpaired) electrons. The number of carbonyl (C=O) groups is 2. The second-order valence-electron chi connectivity index (χ2n) is 6.70. The quantitative estimate of drug-likeness (QED) is 0.788. The fourth-order valence-electron chi connectivity index (χ4n) is 3.55. The van der Waals surface area contributed by atoms with E-state index < -0.39 is 23.7 Å². The van der Waals surface area contributed by atoms with Crippen LogP contribution in [0.1, 0.15) is 45.6 Å². The van der Waals surface area contributed by atoms with Crippen LogP contribution in [-0.4, -0.2) is 23.6 Å². The van der Waals surface area contributed by atoms with Crippen LogP contribution >= 0.6 is 22.9 Å². The summed E-state index contributed by atoms with van der Waals surface area (Å²) in [6.07, 6.45) is 2.82. The van der Waals surface area contributed by atoms with Gasteiger partial charge in [0, 0.05) is 11.3 Å². The van der Waals surface area contributed by atoms with Crippen molar-refractivity contribution in [2.45, 2.75) is 38.2 Å². The number of carbonyl (C=O) groups excluding carboxylic acids is 2. The molecule has 1 aliphatic heterocycles. The van der Waals surface area contributed by atoms with E-state index in [1.54, 1.807) is 6.07 Å². The molecule has 2 amide bonds. The molecule has 0 saturated heterocycles. The Hall–Kier alpha value is -2.45. The van der Waals surface area contributed by atoms with Crippen LogP contribution in [-0.2, 0) is 22.5 Å². The van der Waals surface area contributed by atoms with Crippen molar-refractivity contribution < 1.29 is 18.8 Å². The van der Waals surface area contributed by atoms with Crippen LogP contribution in [0.3, 0.4) is 0 Å². The predicted octanol–water partition coefficient (Wildman–Crippen LogP) is 3.65. The lowest BCUT2D eigenvalue weighted by Crippen LogP contribution is -2.29. The fraction of sp³-hybridized carbons (Fsp3) is 0.316. The largest absolute Gasteiger partial charge is 0.382 e. The van der Waals surface area contributed by atoms with Gasteiger partial charge in [-0.05, 0) is 43.4 Å². The van der Waals surface area contributed by atoms with Gasteiger partial charge in [0.15, 0.2) is 0 Å². The molecule has 1 aliphatic carbocycles. The summed E-state index contributed by atoms with van der Waals surface area (Å²) < 4.78 is 14.1. The number of primary amides is 1. The highest BCUT2D eigenvalue weighted by atomic mass is 35.5. The molecule has 9 heteroatoms. The first kappa shape index (κ1) is 18.9. The van der Waals surface area contributed by atoms with Gasteiger partial charge in [0.2, 0.25) is 6.10 Å². The minimum Gasteiger partial charge on any atom is -0.382 e. The number of nitrogens with zero attached hydrogens (tertiary/aromatic N) is 1. The molecule has 1 aromatic heterocycles. The van der Waals surface area contributed by atoms with Crippen LogP contribution in [0.5, 0.6) is 0 Å². The lowest BCUT2D eigenvalue weighted by atomic mass is 9.95. The van der Waals surface area contributed by atoms with Crippen molar-refractivity contribution >= 4 is 45.5 Å². The van der Waals surface area contributed by atoms with Gasteiger partial charge in [-0.15, -0.1) is 11.3 Å². The molecule has 0 spiro atoms. The van der Waals surface area contributed by atoms with Gasteiger partial charge in [0.05, 0.1) is 21.9 Å². The SMILES string of the molecule is NC(=O)c1c(NC(=O)[C@@H]2CC(c3c(F)cccc3Cl)=NO2)sc2c1CCCC2. The minimum absolute atomic E-state index is 0.0729. The molecule has 0 saturated carbocycles. The zero-order valence-corrected chi connectivity index (χ0v) is 16.3. The van der Waals surface area contributed by atoms with Crippen molar-refractivity contribution in [3.05, 3.63) is 50.6 Å². The van der Waals surface area contributed by atoms with E-state index >= 15 is 0 Å². The molecule has 1 atom stereocenters. The lowest BCUT2D eigenvalue weighted by Gasteiger charge is -2.11. The maximum absolute atomic E-state index is 14.1. The molecule has 0 fully saturated rings. The van der Waals surface area contributed by atoms with Crippen molar-refractivity contribution in [3.8, 4) is 0 Å². The number of halogens is 2. The highest BCUT2D eigenvalue weighted by Crippen LogP contribution is 2.38. The number of hydrogen-bond acceptors (Lipinski definition) is 5. The van der Waals surface area contributed by atoms with Gasteiger partial charge in [-0.2, -0.15) is 0 Å². The van der Waals surface area contributed by atoms with E-state index in [9.17, 15) is 14.0 Å². The Morgan fingerprint density at radius 2 is 2.11 bits per heavy atom. The van der Waals surface area contributed by atoms with E-state index in [0.29, 0.717) is 10.6 Å². The van der Waals surface area contributed by atoms with E-state index in [2.05, 4.69) is 10.5 Å². The highest BCUT2D eigenvalue weighted by molar-refractivity contribution is 7.17. The van der Waals surface area contributed by atoms with Gasteiger partial charge in [-0.25, -0.2) is 4.39 Å². The first-order valence-electron chi connectivity index (χ1n) is 8.88. The Balaban J connectivity index is 1.52. The van der Waals surface area contributed by atoms with Gasteiger partial charge in [-0.1, -0.05) is 22.8 Å². The van der Waals surface area contributed by atoms with E-state index in [1.165, 1.54) is 23.5 Å². The van der Waals surface area contributed by atoms with E-state index in [4.69, 9.17) is 22.2 Å². The molecule has 3 N–H and O–H groups in total. The molecule has 146 valence electrons. The molecular weight excluding hydrogens is 405 g/mol. The molecule has 6 nitrogen and oxygen atoms in total. The summed E-state index contributed by atoms with van der Waals surface area (Å²) >= 11 is 7.43. The number of fused-ring (bicyclic) bond motifs is 1. The number of oxime groups is 1. The number of benzene rings is 1. The molecule has 1 aromatic carbocycles. The number of anilines is 1. The van der Waals surface area contributed by atoms with Gasteiger partial charge in [0.1, 0.15) is 10.8 Å². The second-order valence-corrected chi connectivity index (χ2v) is 8.21. The average molecular weight is 422 g/mol. The maximum atomic E-state index is 14.1. The van der Waals surface area contributed by atoms with Crippen molar-refractivity contribution in [2.75, 3.05) is 5.32 Å². The Bertz CT molecular complexity index is 984. The third-order valence-electron chi connectivity index (χ3n) is 4.87. The molecule has 2 aliphatic rings. The number of rotatable bonds is 4. The Morgan fingerprint density at radius 1 is 1.32 bits per heavy atom. The standard InChI is InChI=1S/C19H17ClFN3O3S/c20-10-5-3-6-11(21)16(10)12-8-13(27-24-12)18(26)23-19-15(17(22)25)9-4-1-2-7-14(9)28-19/h3,5-6,13H,1-2,4,7-8H2,(H2,22,25)(H,23,26)/t13-/m0/s1. The summed E-state index contributed by atoms with van der Waals surface area (Å²) in [6, 6.07) is 4.31. The third-order valence-corrected chi connectivity index (χ3v) is 6.39. The molecule has 2 heterocycles. The summed E-state index contributed by atoms with van der Waals surface area (Å²) in [5.41, 5.74) is 7.26. The number of nitrogens with one attached hydrogen (secondary N) is 1. The molecule has 0 bridgehead atoms. The summed E-state index contributed by atoms with van der Waals surface area (Å²) in [7, 11) is 0. The van der Waals surface area contributed by atoms with Crippen LogP contribution < -0.4 is 11.1 Å². The van der Waals surface area contributed by atoms with Crippen LogP contribution in [0.15, 0.2) is 23.4 Å². The third kappa shape index (κ3) is 3.38. The second kappa shape index (κ2) is 7.52. The number of amides is 2. The molecule has 2 aromatic rings. The number of nitrogens with two attached hydrogens (primary N) is 1. The number of hydrogen-bond donors (Lipinski definition) is 2. The molecule has 28 heavy (non-hydrogen) atoms. The normalized spacial score (nSPS) is 18.2. The zero-order valence-electron chi connectivity index (χ0n) is 14.8. The van der Waals surface area contributed by atoms with E-state index in [0.717, 1.165) is 36.1 Å². The lowest BCUT2D eigenvalue weighted by molar-refractivity contribution is -0.125. The Labute approximate surface area is 169 Å². The van der Waals surface area contributed by atoms with Crippen molar-refractivity contribution in [1.29, 1.82) is 0 Å². The Morgan fingerprint density at radius 3 is 2.86 bits per heavy atom. The number of aryl methyl sites for hydroxylation is 1. The van der Waals surface area contributed by atoms with Crippen molar-refractivity contribution in [1.82, 2.24) is 0 Å². The fourth-order valence-corrected chi connectivity index (χ4v) is 5.12. The first-order chi connectivity index (χ1) is 13.5. The van der Waals surface area contributed by atoms with Gasteiger partial charge in [0.25, 0.3) is 11.8 Å². The van der Waals surface area contributed by atoms with Gasteiger partial charge < -0.3 is 15.9 Å². The van der Waals surface area contributed by atoms with Gasteiger partial charge in [-0.3, -0.25) is 9.59 Å². The van der Waals surface area contributed by atoms with Crippen LogP contribution in [0.4, 0.5) is 9.39 Å². The van der Waals surface area contributed by atoms with E-state index in [-0.39, 0.29) is 22.7 Å². The van der Waals surface area contributed by atoms with Gasteiger partial charge >= 0.3 is 0 Å². The monoisotopic (exact) mass is 421 g/mol. The van der Waals surface area contributed by atoms with E-state index in [1.807, 2.05) is 0 Å². The molecular formula is C19H17ClFN3O3S. The Kier molecular flexibility index (Phi) is 5.07. The zero-order chi connectivity index (χ0) is 19.8. The first-order valence-corrected chi connectivity index (χ1v) is 10.1. The van der Waals surface area contributed by atoms with Crippen LogP contribution in [0.25, 0.3) is 0 Å². The highest BCUT2D eigenvalue weighted by Gasteiger charge is 2.33. The summed E-state index contributed by atoms with van der Waals surface area (Å²) in [5.74, 6) is -1.55. The van der Waals surface area contributed by atoms with Crippen LogP contribution in [0, 0.1) is 5.82 Å². The van der Waals surface area contributed by atoms with Crippen LogP contribution in [0.2, 0.25) is 5.02 Å². The van der Waals surface area contributed by atoms with Crippen molar-refractivity contribution in [3.63, 3.8) is 0 Å². The summed E-state index contributed by atoms with van der Waals surface area (Å²) in [6.45, 7) is 0. The minimum atomic E-state index is -0.939. The molecule has 0 unspecified atom stereocenters. The summed E-state index contributed by atoms with van der Waals surface area (Å²) in [5, 5.41) is 7.22. The topological polar surface area (TPSA) is 93.8 Å². The summed E-state index contributed by atoms with van der Waals surface area (Å²) in [4.78, 5) is 30.9. The maximum Gasteiger partial charge on any atom is 0.269 e. The smallest absolute Gasteiger partial charge is 0.269 e. The van der Waals surface area contributed by atoms with Crippen molar-refractivity contribution in [2.24, 2.45) is 10.9 Å². The molecule has 4 rings (SSSR count). The number of thiophene rings is 1. The average Bonchev–Trinajstić information content (AvgIpc) is 3.26. The predicted molar refractivity (Wildman–Crippen MR) is 106 cm³/mol.